The van der Waals surface area contributed by atoms with Crippen LogP contribution in [-0.4, -0.2) is 35.8 Å². The number of aromatic nitrogens is 3. The molecule has 0 saturated heterocycles. The predicted molar refractivity (Wildman–Crippen MR) is 138 cm³/mol. The minimum absolute atomic E-state index is 0.0287. The van der Waals surface area contributed by atoms with Crippen molar-refractivity contribution in [3.63, 3.8) is 0 Å². The maximum atomic E-state index is 13.0. The summed E-state index contributed by atoms with van der Waals surface area (Å²) < 4.78 is 36.2. The summed E-state index contributed by atoms with van der Waals surface area (Å²) in [6.45, 7) is 2.30. The zero-order valence-corrected chi connectivity index (χ0v) is 22.1. The number of sulfonamides is 1. The van der Waals surface area contributed by atoms with Crippen molar-refractivity contribution in [1.29, 1.82) is 0 Å². The lowest BCUT2D eigenvalue weighted by Gasteiger charge is -2.31. The molecule has 1 aromatic heterocycles. The number of ether oxygens (including phenoxy) is 1. The highest BCUT2D eigenvalue weighted by Gasteiger charge is 2.39. The molecule has 0 amide bonds. The van der Waals surface area contributed by atoms with Gasteiger partial charge < -0.3 is 4.74 Å². The molecule has 3 unspecified atom stereocenters. The quantitative estimate of drug-likeness (QED) is 0.446. The van der Waals surface area contributed by atoms with Crippen molar-refractivity contribution < 1.29 is 13.2 Å². The number of halogens is 1. The van der Waals surface area contributed by atoms with Crippen molar-refractivity contribution in [3.8, 4) is 5.75 Å². The first-order chi connectivity index (χ1) is 16.8. The maximum Gasteiger partial charge on any atom is 0.214 e. The van der Waals surface area contributed by atoms with Crippen LogP contribution in [0.15, 0.2) is 30.3 Å². The molecule has 2 fully saturated rings. The Hall–Kier alpha value is -2.16. The zero-order chi connectivity index (χ0) is 24.7. The van der Waals surface area contributed by atoms with Crippen molar-refractivity contribution in [2.24, 2.45) is 18.9 Å². The van der Waals surface area contributed by atoms with Gasteiger partial charge in [0.15, 0.2) is 0 Å². The second-order valence-electron chi connectivity index (χ2n) is 10.1. The molecule has 0 bridgehead atoms. The molecule has 2 aliphatic rings. The Kier molecular flexibility index (Phi) is 6.81. The van der Waals surface area contributed by atoms with E-state index in [1.54, 1.807) is 11.8 Å². The minimum atomic E-state index is -3.38. The Labute approximate surface area is 212 Å². The van der Waals surface area contributed by atoms with E-state index in [4.69, 9.17) is 16.3 Å². The predicted octanol–water partition coefficient (Wildman–Crippen LogP) is 5.17. The van der Waals surface area contributed by atoms with Crippen LogP contribution in [0.4, 0.5) is 0 Å². The Morgan fingerprint density at radius 2 is 1.94 bits per heavy atom. The highest BCUT2D eigenvalue weighted by atomic mass is 35.5. The summed E-state index contributed by atoms with van der Waals surface area (Å²) in [5.41, 5.74) is 4.48. The number of hydrogen-bond donors (Lipinski definition) is 1. The summed E-state index contributed by atoms with van der Waals surface area (Å²) >= 11 is 6.48. The summed E-state index contributed by atoms with van der Waals surface area (Å²) in [5.74, 6) is 2.06. The molecule has 2 aromatic carbocycles. The molecule has 3 aromatic rings. The van der Waals surface area contributed by atoms with E-state index >= 15 is 0 Å². The first kappa shape index (κ1) is 24.5. The van der Waals surface area contributed by atoms with Crippen LogP contribution in [-0.2, 0) is 23.6 Å². The van der Waals surface area contributed by atoms with Gasteiger partial charge in [0.25, 0.3) is 0 Å². The van der Waals surface area contributed by atoms with E-state index in [1.807, 2.05) is 37.4 Å². The van der Waals surface area contributed by atoms with Gasteiger partial charge in [0.1, 0.15) is 16.8 Å². The normalized spacial score (nSPS) is 21.8. The van der Waals surface area contributed by atoms with E-state index in [-0.39, 0.29) is 17.7 Å². The number of rotatable bonds is 8. The highest BCUT2D eigenvalue weighted by Crippen LogP contribution is 2.43. The third-order valence-electron chi connectivity index (χ3n) is 8.12. The fraction of sp³-hybridized carbons (Fsp3) is 0.538. The van der Waals surface area contributed by atoms with Gasteiger partial charge in [0.2, 0.25) is 10.0 Å². The second kappa shape index (κ2) is 9.71. The van der Waals surface area contributed by atoms with E-state index in [9.17, 15) is 8.42 Å². The van der Waals surface area contributed by atoms with Gasteiger partial charge in [-0.1, -0.05) is 55.1 Å². The molecule has 1 N–H and O–H groups in total. The van der Waals surface area contributed by atoms with Crippen LogP contribution in [0.2, 0.25) is 5.02 Å². The van der Waals surface area contributed by atoms with Gasteiger partial charge in [0, 0.05) is 24.5 Å². The van der Waals surface area contributed by atoms with Gasteiger partial charge in [0.05, 0.1) is 12.4 Å². The molecule has 3 atom stereocenters. The third kappa shape index (κ3) is 4.80. The Balaban J connectivity index is 1.32. The SMILES string of the molecule is COc1cc(C(C)c2ccc(Cl)c(CNS(=O)(=O)C3CCC(C4CCC4)C3)c2)cc2nnn(C)c12. The number of nitrogens with zero attached hydrogens (tertiary/aromatic N) is 3. The number of aryl methyl sites for hydroxylation is 1. The van der Waals surface area contributed by atoms with Gasteiger partial charge in [-0.2, -0.15) is 0 Å². The Morgan fingerprint density at radius 1 is 1.14 bits per heavy atom. The summed E-state index contributed by atoms with van der Waals surface area (Å²) in [6.07, 6.45) is 6.40. The molecule has 2 saturated carbocycles. The van der Waals surface area contributed by atoms with E-state index in [2.05, 4.69) is 22.0 Å². The summed E-state index contributed by atoms with van der Waals surface area (Å²) in [4.78, 5) is 0. The number of methoxy groups -OCH3 is 1. The van der Waals surface area contributed by atoms with Crippen molar-refractivity contribution in [2.75, 3.05) is 7.11 Å². The lowest BCUT2D eigenvalue weighted by Crippen LogP contribution is -2.33. The van der Waals surface area contributed by atoms with E-state index in [0.29, 0.717) is 10.9 Å². The van der Waals surface area contributed by atoms with Crippen LogP contribution < -0.4 is 9.46 Å². The van der Waals surface area contributed by atoms with Crippen LogP contribution in [0.1, 0.15) is 68.1 Å². The first-order valence-electron chi connectivity index (χ1n) is 12.4. The van der Waals surface area contributed by atoms with Crippen LogP contribution in [0.25, 0.3) is 11.0 Å². The average Bonchev–Trinajstić information content (AvgIpc) is 3.44. The molecule has 7 nitrogen and oxygen atoms in total. The standard InChI is InChI=1S/C26H33ClN4O3S/c1-16(20-13-24-26(25(14-20)34-3)31(2)30-29-24)18-8-10-23(27)21(11-18)15-28-35(32,33)22-9-7-19(12-22)17-5-4-6-17/h8,10-11,13-14,16-17,19,22,28H,4-7,9,12,15H2,1-3H3. The summed E-state index contributed by atoms with van der Waals surface area (Å²) in [6, 6.07) is 9.85. The Bertz CT molecular complexity index is 1340. The number of fused-ring (bicyclic) bond motifs is 1. The molecule has 5 rings (SSSR count). The zero-order valence-electron chi connectivity index (χ0n) is 20.5. The largest absolute Gasteiger partial charge is 0.494 e. The van der Waals surface area contributed by atoms with Crippen molar-refractivity contribution in [3.05, 3.63) is 52.0 Å². The van der Waals surface area contributed by atoms with Crippen LogP contribution in [0.5, 0.6) is 5.75 Å². The molecule has 188 valence electrons. The second-order valence-corrected chi connectivity index (χ2v) is 12.6. The monoisotopic (exact) mass is 516 g/mol. The van der Waals surface area contributed by atoms with Crippen LogP contribution in [0.3, 0.4) is 0 Å². The van der Waals surface area contributed by atoms with Gasteiger partial charge in [-0.25, -0.2) is 17.8 Å². The average molecular weight is 517 g/mol. The number of nitrogens with one attached hydrogen (secondary N) is 1. The molecule has 0 radical (unpaired) electrons. The molecule has 0 spiro atoms. The minimum Gasteiger partial charge on any atom is -0.494 e. The van der Waals surface area contributed by atoms with Crippen LogP contribution in [0, 0.1) is 11.8 Å². The van der Waals surface area contributed by atoms with Gasteiger partial charge >= 0.3 is 0 Å². The summed E-state index contributed by atoms with van der Waals surface area (Å²) in [7, 11) is 0.0957. The van der Waals surface area contributed by atoms with Gasteiger partial charge in [-0.05, 0) is 66.0 Å². The summed E-state index contributed by atoms with van der Waals surface area (Å²) in [5, 5.41) is 8.63. The molecule has 2 aliphatic carbocycles. The van der Waals surface area contributed by atoms with Crippen molar-refractivity contribution >= 4 is 32.7 Å². The van der Waals surface area contributed by atoms with Crippen molar-refractivity contribution in [1.82, 2.24) is 19.7 Å². The molecule has 1 heterocycles. The molecular weight excluding hydrogens is 484 g/mol. The third-order valence-corrected chi connectivity index (χ3v) is 10.3. The fourth-order valence-corrected chi connectivity index (χ4v) is 7.39. The maximum absolute atomic E-state index is 13.0. The highest BCUT2D eigenvalue weighted by molar-refractivity contribution is 7.90. The Morgan fingerprint density at radius 3 is 2.66 bits per heavy atom. The number of hydrogen-bond acceptors (Lipinski definition) is 5. The van der Waals surface area contributed by atoms with Gasteiger partial charge in [-0.3, -0.25) is 0 Å². The van der Waals surface area contributed by atoms with Crippen LogP contribution >= 0.6 is 11.6 Å². The van der Waals surface area contributed by atoms with Crippen molar-refractivity contribution in [2.45, 2.75) is 63.2 Å². The lowest BCUT2D eigenvalue weighted by molar-refractivity contribution is 0.210. The van der Waals surface area contributed by atoms with E-state index < -0.39 is 10.0 Å². The van der Waals surface area contributed by atoms with Gasteiger partial charge in [-0.15, -0.1) is 5.10 Å². The molecule has 9 heteroatoms. The molecular formula is C26H33ClN4O3S. The van der Waals surface area contributed by atoms with E-state index in [0.717, 1.165) is 58.7 Å². The fourth-order valence-electron chi connectivity index (χ4n) is 5.66. The smallest absolute Gasteiger partial charge is 0.214 e. The topological polar surface area (TPSA) is 86.1 Å². The number of benzene rings is 2. The molecule has 35 heavy (non-hydrogen) atoms. The van der Waals surface area contributed by atoms with E-state index in [1.165, 1.54) is 19.3 Å². The lowest BCUT2D eigenvalue weighted by atomic mass is 9.75. The molecule has 0 aliphatic heterocycles. The first-order valence-corrected chi connectivity index (χ1v) is 14.3.